The zero-order chi connectivity index (χ0) is 11.8. The van der Waals surface area contributed by atoms with Crippen LogP contribution in [0.2, 0.25) is 5.02 Å². The Hall–Kier alpha value is -0.800. The normalized spacial score (nSPS) is 16.8. The molecule has 0 amide bonds. The van der Waals surface area contributed by atoms with Crippen LogP contribution in [0, 0.1) is 0 Å². The van der Waals surface area contributed by atoms with Gasteiger partial charge in [0.15, 0.2) is 5.82 Å². The summed E-state index contributed by atoms with van der Waals surface area (Å²) in [6.45, 7) is 0. The number of hydrogen-bond donors (Lipinski definition) is 0. The molecule has 0 atom stereocenters. The third-order valence-corrected chi connectivity index (χ3v) is 4.75. The van der Waals surface area contributed by atoms with Gasteiger partial charge in [0, 0.05) is 13.1 Å². The van der Waals surface area contributed by atoms with E-state index >= 15 is 0 Å². The van der Waals surface area contributed by atoms with E-state index in [2.05, 4.69) is 22.4 Å². The van der Waals surface area contributed by atoms with E-state index in [1.54, 1.807) is 0 Å². The zero-order valence-corrected chi connectivity index (χ0v) is 11.4. The number of rotatable bonds is 2. The molecule has 17 heavy (non-hydrogen) atoms. The molecule has 90 valence electrons. The number of halogens is 1. The molecular weight excluding hydrogens is 252 g/mol. The molecule has 0 aliphatic heterocycles. The third-order valence-electron chi connectivity index (χ3n) is 3.64. The summed E-state index contributed by atoms with van der Waals surface area (Å²) >= 11 is 7.83. The van der Waals surface area contributed by atoms with Crippen LogP contribution in [0.4, 0.5) is 5.82 Å². The molecule has 0 bridgehead atoms. The lowest BCUT2D eigenvalue weighted by molar-refractivity contribution is 0.650. The fraction of sp³-hybridized carbons (Fsp3) is 0.462. The standard InChI is InChI=1S/C13H15ClN2S/c1-16(9-5-2-3-6-9)13-12-10(14)7-4-8-11(12)17-15-13/h4,7-9H,2-3,5-6H2,1H3. The largest absolute Gasteiger partial charge is 0.355 e. The van der Waals surface area contributed by atoms with E-state index < -0.39 is 0 Å². The number of nitrogens with zero attached hydrogens (tertiary/aromatic N) is 2. The highest BCUT2D eigenvalue weighted by Gasteiger charge is 2.23. The van der Waals surface area contributed by atoms with Gasteiger partial charge in [-0.1, -0.05) is 30.5 Å². The van der Waals surface area contributed by atoms with Crippen molar-refractivity contribution in [3.63, 3.8) is 0 Å². The van der Waals surface area contributed by atoms with Gasteiger partial charge in [-0.2, -0.15) is 4.37 Å². The molecule has 1 aromatic carbocycles. The molecule has 0 unspecified atom stereocenters. The maximum absolute atomic E-state index is 6.29. The van der Waals surface area contributed by atoms with Gasteiger partial charge in [0.25, 0.3) is 0 Å². The van der Waals surface area contributed by atoms with E-state index in [1.807, 2.05) is 12.1 Å². The van der Waals surface area contributed by atoms with Crippen LogP contribution in [-0.2, 0) is 0 Å². The average Bonchev–Trinajstić information content (AvgIpc) is 2.98. The summed E-state index contributed by atoms with van der Waals surface area (Å²) in [5.74, 6) is 1.06. The van der Waals surface area contributed by atoms with Gasteiger partial charge in [0.2, 0.25) is 0 Å². The van der Waals surface area contributed by atoms with Gasteiger partial charge in [-0.3, -0.25) is 0 Å². The summed E-state index contributed by atoms with van der Waals surface area (Å²) in [7, 11) is 2.15. The molecular formula is C13H15ClN2S. The van der Waals surface area contributed by atoms with E-state index in [1.165, 1.54) is 41.9 Å². The van der Waals surface area contributed by atoms with E-state index in [0.29, 0.717) is 6.04 Å². The van der Waals surface area contributed by atoms with Crippen molar-refractivity contribution >= 4 is 39.0 Å². The molecule has 0 N–H and O–H groups in total. The van der Waals surface area contributed by atoms with Gasteiger partial charge in [-0.05, 0) is 36.5 Å². The smallest absolute Gasteiger partial charge is 0.151 e. The molecule has 1 fully saturated rings. The lowest BCUT2D eigenvalue weighted by Crippen LogP contribution is -2.29. The summed E-state index contributed by atoms with van der Waals surface area (Å²) < 4.78 is 5.76. The molecule has 3 rings (SSSR count). The highest BCUT2D eigenvalue weighted by molar-refractivity contribution is 7.13. The Balaban J connectivity index is 2.04. The Morgan fingerprint density at radius 1 is 1.35 bits per heavy atom. The molecule has 2 nitrogen and oxygen atoms in total. The summed E-state index contributed by atoms with van der Waals surface area (Å²) in [6, 6.07) is 6.66. The molecule has 1 aromatic heterocycles. The van der Waals surface area contributed by atoms with Gasteiger partial charge in [-0.25, -0.2) is 0 Å². The van der Waals surface area contributed by atoms with Crippen molar-refractivity contribution in [1.82, 2.24) is 4.37 Å². The number of benzene rings is 1. The highest BCUT2D eigenvalue weighted by Crippen LogP contribution is 2.37. The minimum Gasteiger partial charge on any atom is -0.355 e. The monoisotopic (exact) mass is 266 g/mol. The summed E-state index contributed by atoms with van der Waals surface area (Å²) in [5.41, 5.74) is 0. The fourth-order valence-corrected chi connectivity index (χ4v) is 3.79. The summed E-state index contributed by atoms with van der Waals surface area (Å²) in [5, 5.41) is 1.93. The van der Waals surface area contributed by atoms with E-state index in [0.717, 1.165) is 16.2 Å². The predicted molar refractivity (Wildman–Crippen MR) is 75.3 cm³/mol. The van der Waals surface area contributed by atoms with Crippen molar-refractivity contribution in [2.45, 2.75) is 31.7 Å². The fourth-order valence-electron chi connectivity index (χ4n) is 2.64. The molecule has 0 radical (unpaired) electrons. The van der Waals surface area contributed by atoms with Gasteiger partial charge < -0.3 is 4.90 Å². The minimum atomic E-state index is 0.636. The van der Waals surface area contributed by atoms with Crippen molar-refractivity contribution in [3.05, 3.63) is 23.2 Å². The number of aromatic nitrogens is 1. The van der Waals surface area contributed by atoms with Crippen molar-refractivity contribution in [2.75, 3.05) is 11.9 Å². The van der Waals surface area contributed by atoms with Crippen molar-refractivity contribution in [3.8, 4) is 0 Å². The van der Waals surface area contributed by atoms with Crippen LogP contribution in [0.5, 0.6) is 0 Å². The maximum atomic E-state index is 6.29. The van der Waals surface area contributed by atoms with Crippen LogP contribution in [0.15, 0.2) is 18.2 Å². The number of fused-ring (bicyclic) bond motifs is 1. The van der Waals surface area contributed by atoms with Crippen LogP contribution in [0.1, 0.15) is 25.7 Å². The van der Waals surface area contributed by atoms with Crippen LogP contribution < -0.4 is 4.90 Å². The predicted octanol–water partition coefficient (Wildman–Crippen LogP) is 4.33. The third kappa shape index (κ3) is 1.91. The first-order valence-corrected chi connectivity index (χ1v) is 7.19. The second-order valence-electron chi connectivity index (χ2n) is 4.67. The lowest BCUT2D eigenvalue weighted by atomic mass is 10.2. The topological polar surface area (TPSA) is 16.1 Å². The highest BCUT2D eigenvalue weighted by atomic mass is 35.5. The molecule has 1 aliphatic carbocycles. The van der Waals surface area contributed by atoms with E-state index in [-0.39, 0.29) is 0 Å². The molecule has 0 spiro atoms. The molecule has 1 saturated carbocycles. The molecule has 1 aliphatic rings. The summed E-state index contributed by atoms with van der Waals surface area (Å²) in [4.78, 5) is 2.32. The SMILES string of the molecule is CN(c1nsc2cccc(Cl)c12)C1CCCC1. The first kappa shape index (κ1) is 11.3. The number of hydrogen-bond acceptors (Lipinski definition) is 3. The maximum Gasteiger partial charge on any atom is 0.151 e. The zero-order valence-electron chi connectivity index (χ0n) is 9.82. The Labute approximate surface area is 110 Å². The average molecular weight is 267 g/mol. The van der Waals surface area contributed by atoms with Crippen molar-refractivity contribution < 1.29 is 0 Å². The second-order valence-corrected chi connectivity index (χ2v) is 5.88. The quantitative estimate of drug-likeness (QED) is 0.804. The molecule has 1 heterocycles. The van der Waals surface area contributed by atoms with Crippen LogP contribution in [0.3, 0.4) is 0 Å². The van der Waals surface area contributed by atoms with Gasteiger partial charge in [-0.15, -0.1) is 0 Å². The second kappa shape index (κ2) is 4.46. The molecule has 0 saturated heterocycles. The Bertz CT molecular complexity index is 531. The van der Waals surface area contributed by atoms with Gasteiger partial charge >= 0.3 is 0 Å². The van der Waals surface area contributed by atoms with E-state index in [4.69, 9.17) is 11.6 Å². The first-order chi connectivity index (χ1) is 8.27. The van der Waals surface area contributed by atoms with Crippen LogP contribution >= 0.6 is 23.1 Å². The molecule has 4 heteroatoms. The Kier molecular flexibility index (Phi) is 2.97. The van der Waals surface area contributed by atoms with E-state index in [9.17, 15) is 0 Å². The van der Waals surface area contributed by atoms with Gasteiger partial charge in [0.1, 0.15) is 0 Å². The summed E-state index contributed by atoms with van der Waals surface area (Å²) in [6.07, 6.45) is 5.23. The van der Waals surface area contributed by atoms with Gasteiger partial charge in [0.05, 0.1) is 15.1 Å². The van der Waals surface area contributed by atoms with Crippen LogP contribution in [-0.4, -0.2) is 17.5 Å². The first-order valence-electron chi connectivity index (χ1n) is 6.04. The minimum absolute atomic E-state index is 0.636. The van der Waals surface area contributed by atoms with Crippen LogP contribution in [0.25, 0.3) is 10.1 Å². The van der Waals surface area contributed by atoms with Crippen molar-refractivity contribution in [2.24, 2.45) is 0 Å². The lowest BCUT2D eigenvalue weighted by Gasteiger charge is -2.24. The Morgan fingerprint density at radius 2 is 2.12 bits per heavy atom. The number of anilines is 1. The molecule has 2 aromatic rings. The van der Waals surface area contributed by atoms with Crippen molar-refractivity contribution in [1.29, 1.82) is 0 Å². The Morgan fingerprint density at radius 3 is 2.88 bits per heavy atom.